The Kier molecular flexibility index (Phi) is 14.2. The number of carbonyl (C=O) groups is 5. The third-order valence-electron chi connectivity index (χ3n) is 4.19. The van der Waals surface area contributed by atoms with Gasteiger partial charge in [-0.05, 0) is 19.3 Å². The number of carboxylic acid groups (broad SMARTS) is 2. The molecule has 0 saturated heterocycles. The molecule has 33 heavy (non-hydrogen) atoms. The minimum Gasteiger partial charge on any atom is -0.481 e. The van der Waals surface area contributed by atoms with Crippen LogP contribution in [0.4, 0.5) is 0 Å². The lowest BCUT2D eigenvalue weighted by Crippen LogP contribution is -2.58. The largest absolute Gasteiger partial charge is 0.481 e. The van der Waals surface area contributed by atoms with Gasteiger partial charge in [-0.3, -0.25) is 24.2 Å². The Morgan fingerprint density at radius 2 is 1.42 bits per heavy atom. The van der Waals surface area contributed by atoms with Crippen LogP contribution in [0.2, 0.25) is 0 Å². The fourth-order valence-electron chi connectivity index (χ4n) is 2.40. The number of guanidine groups is 1. The van der Waals surface area contributed by atoms with Crippen molar-refractivity contribution in [2.45, 2.75) is 49.9 Å². The molecule has 12 N–H and O–H groups in total. The van der Waals surface area contributed by atoms with Gasteiger partial charge in [0.1, 0.15) is 18.1 Å². The summed E-state index contributed by atoms with van der Waals surface area (Å²) >= 11 is 3.87. The van der Waals surface area contributed by atoms with E-state index in [2.05, 4.69) is 33.6 Å². The van der Waals surface area contributed by atoms with Gasteiger partial charge in [-0.1, -0.05) is 0 Å². The minimum atomic E-state index is -1.57. The molecule has 16 heteroatoms. The maximum atomic E-state index is 12.5. The molecule has 0 aliphatic carbocycles. The van der Waals surface area contributed by atoms with Crippen molar-refractivity contribution in [3.8, 4) is 0 Å². The number of amides is 3. The highest BCUT2D eigenvalue weighted by molar-refractivity contribution is 7.80. The van der Waals surface area contributed by atoms with Crippen LogP contribution in [0.1, 0.15) is 25.7 Å². The number of carboxylic acids is 2. The number of hydrogen-bond acceptors (Lipinski definition) is 9. The first-order chi connectivity index (χ1) is 15.4. The molecule has 0 aromatic rings. The SMILES string of the molecule is NC(N)=NCCCC(NC(=O)C(CO)NC(=O)C(CCC(=O)O)NC(=O)C(N)CS)C(=O)O. The number of aliphatic hydroxyl groups excluding tert-OH is 1. The molecule has 0 rings (SSSR count). The van der Waals surface area contributed by atoms with Gasteiger partial charge in [0.25, 0.3) is 0 Å². The van der Waals surface area contributed by atoms with E-state index in [0.717, 1.165) is 0 Å². The topological polar surface area (TPSA) is 273 Å². The molecule has 188 valence electrons. The molecule has 0 aliphatic heterocycles. The first-order valence-electron chi connectivity index (χ1n) is 9.81. The first-order valence-corrected chi connectivity index (χ1v) is 10.4. The second kappa shape index (κ2) is 15.7. The molecule has 0 aliphatic rings. The second-order valence-corrected chi connectivity index (χ2v) is 7.24. The highest BCUT2D eigenvalue weighted by Gasteiger charge is 2.30. The van der Waals surface area contributed by atoms with E-state index < -0.39 is 66.9 Å². The van der Waals surface area contributed by atoms with Crippen LogP contribution in [0.25, 0.3) is 0 Å². The summed E-state index contributed by atoms with van der Waals surface area (Å²) in [5, 5.41) is 34.2. The molecule has 0 aromatic carbocycles. The molecule has 0 heterocycles. The van der Waals surface area contributed by atoms with Gasteiger partial charge >= 0.3 is 11.9 Å². The highest BCUT2D eigenvalue weighted by Crippen LogP contribution is 2.03. The molecular formula is C17H31N7O8S. The van der Waals surface area contributed by atoms with Crippen LogP contribution in [0.15, 0.2) is 4.99 Å². The standard InChI is InChI=1S/C17H31N7O8S/c18-8(7-33)13(28)22-9(3-4-12(26)27)14(29)24-11(6-25)15(30)23-10(16(31)32)2-1-5-21-17(19)20/h8-11,25,33H,1-7,18H2,(H,22,28)(H,23,30)(H,24,29)(H,26,27)(H,31,32)(H4,19,20,21). The summed E-state index contributed by atoms with van der Waals surface area (Å²) in [6.45, 7) is -0.769. The van der Waals surface area contributed by atoms with E-state index in [9.17, 15) is 34.2 Å². The van der Waals surface area contributed by atoms with Gasteiger partial charge in [-0.15, -0.1) is 0 Å². The Bertz CT molecular complexity index is 732. The van der Waals surface area contributed by atoms with Crippen molar-refractivity contribution in [2.24, 2.45) is 22.2 Å². The smallest absolute Gasteiger partial charge is 0.326 e. The summed E-state index contributed by atoms with van der Waals surface area (Å²) in [5.74, 6) is -5.55. The normalized spacial score (nSPS) is 14.2. The number of nitrogens with one attached hydrogen (secondary N) is 3. The molecule has 0 aromatic heterocycles. The van der Waals surface area contributed by atoms with Gasteiger partial charge in [-0.25, -0.2) is 4.79 Å². The summed E-state index contributed by atoms with van der Waals surface area (Å²) in [7, 11) is 0. The number of rotatable bonds is 16. The Labute approximate surface area is 194 Å². The Morgan fingerprint density at radius 3 is 1.91 bits per heavy atom. The Morgan fingerprint density at radius 1 is 0.879 bits per heavy atom. The highest BCUT2D eigenvalue weighted by atomic mass is 32.1. The van der Waals surface area contributed by atoms with Crippen molar-refractivity contribution in [2.75, 3.05) is 18.9 Å². The number of aliphatic imine (C=N–C) groups is 1. The van der Waals surface area contributed by atoms with Crippen LogP contribution in [-0.2, 0) is 24.0 Å². The van der Waals surface area contributed by atoms with E-state index >= 15 is 0 Å². The molecule has 3 amide bonds. The third-order valence-corrected chi connectivity index (χ3v) is 4.58. The van der Waals surface area contributed by atoms with Crippen molar-refractivity contribution in [3.05, 3.63) is 0 Å². The van der Waals surface area contributed by atoms with E-state index in [0.29, 0.717) is 0 Å². The third kappa shape index (κ3) is 12.5. The van der Waals surface area contributed by atoms with Gasteiger partial charge in [-0.2, -0.15) is 12.6 Å². The van der Waals surface area contributed by atoms with Crippen LogP contribution in [-0.4, -0.2) is 94.0 Å². The summed E-state index contributed by atoms with van der Waals surface area (Å²) in [4.78, 5) is 62.9. The number of aliphatic carboxylic acids is 2. The molecule has 4 atom stereocenters. The van der Waals surface area contributed by atoms with Gasteiger partial charge in [0, 0.05) is 18.7 Å². The number of aliphatic hydroxyl groups is 1. The van der Waals surface area contributed by atoms with E-state index in [4.69, 9.17) is 22.3 Å². The average Bonchev–Trinajstić information content (AvgIpc) is 2.75. The zero-order valence-corrected chi connectivity index (χ0v) is 18.7. The molecule has 0 radical (unpaired) electrons. The predicted molar refractivity (Wildman–Crippen MR) is 119 cm³/mol. The summed E-state index contributed by atoms with van der Waals surface area (Å²) in [6.07, 6.45) is -0.626. The van der Waals surface area contributed by atoms with Crippen LogP contribution in [0.3, 0.4) is 0 Å². The van der Waals surface area contributed by atoms with Crippen molar-refractivity contribution in [1.29, 1.82) is 0 Å². The van der Waals surface area contributed by atoms with Crippen molar-refractivity contribution < 1.29 is 39.3 Å². The number of carbonyl (C=O) groups excluding carboxylic acids is 3. The average molecular weight is 494 g/mol. The fourth-order valence-corrected chi connectivity index (χ4v) is 2.56. The van der Waals surface area contributed by atoms with Crippen molar-refractivity contribution >= 4 is 48.2 Å². The lowest BCUT2D eigenvalue weighted by Gasteiger charge is -2.24. The quantitative estimate of drug-likeness (QED) is 0.0425. The Balaban J connectivity index is 5.18. The van der Waals surface area contributed by atoms with E-state index in [1.807, 2.05) is 0 Å². The predicted octanol–water partition coefficient (Wildman–Crippen LogP) is -4.31. The molecule has 0 bridgehead atoms. The lowest BCUT2D eigenvalue weighted by molar-refractivity contribution is -0.142. The lowest BCUT2D eigenvalue weighted by atomic mass is 10.1. The fraction of sp³-hybridized carbons (Fsp3) is 0.647. The summed E-state index contributed by atoms with van der Waals surface area (Å²) in [5.41, 5.74) is 15.9. The molecule has 0 saturated carbocycles. The molecule has 4 unspecified atom stereocenters. The maximum Gasteiger partial charge on any atom is 0.326 e. The zero-order chi connectivity index (χ0) is 25.6. The second-order valence-electron chi connectivity index (χ2n) is 6.87. The number of nitrogens with two attached hydrogens (primary N) is 3. The van der Waals surface area contributed by atoms with Crippen LogP contribution in [0.5, 0.6) is 0 Å². The zero-order valence-electron chi connectivity index (χ0n) is 17.8. The van der Waals surface area contributed by atoms with Crippen LogP contribution < -0.4 is 33.2 Å². The summed E-state index contributed by atoms with van der Waals surface area (Å²) < 4.78 is 0. The van der Waals surface area contributed by atoms with E-state index in [1.165, 1.54) is 0 Å². The van der Waals surface area contributed by atoms with Gasteiger partial charge in [0.2, 0.25) is 17.7 Å². The molecule has 0 fully saturated rings. The molecular weight excluding hydrogens is 462 g/mol. The van der Waals surface area contributed by atoms with Gasteiger partial charge in [0.05, 0.1) is 12.6 Å². The first kappa shape index (κ1) is 29.9. The maximum absolute atomic E-state index is 12.5. The number of nitrogens with zero attached hydrogens (tertiary/aromatic N) is 1. The van der Waals surface area contributed by atoms with Gasteiger partial charge < -0.3 is 48.5 Å². The Hall–Kier alpha value is -3.11. The van der Waals surface area contributed by atoms with Crippen LogP contribution >= 0.6 is 12.6 Å². The molecule has 0 spiro atoms. The number of hydrogen-bond donors (Lipinski definition) is 10. The van der Waals surface area contributed by atoms with E-state index in [1.54, 1.807) is 0 Å². The minimum absolute atomic E-state index is 0.0388. The summed E-state index contributed by atoms with van der Waals surface area (Å²) in [6, 6.07) is -5.37. The van der Waals surface area contributed by atoms with Crippen molar-refractivity contribution in [1.82, 2.24) is 16.0 Å². The monoisotopic (exact) mass is 493 g/mol. The van der Waals surface area contributed by atoms with E-state index in [-0.39, 0.29) is 37.5 Å². The van der Waals surface area contributed by atoms with Gasteiger partial charge in [0.15, 0.2) is 5.96 Å². The number of thiol groups is 1. The van der Waals surface area contributed by atoms with Crippen LogP contribution in [0, 0.1) is 0 Å². The molecule has 15 nitrogen and oxygen atoms in total. The van der Waals surface area contributed by atoms with Crippen molar-refractivity contribution in [3.63, 3.8) is 0 Å².